The molecule has 1 heterocycles. The van der Waals surface area contributed by atoms with Gasteiger partial charge in [0.05, 0.1) is 11.0 Å². The molecule has 2 rings (SSSR count). The zero-order valence-corrected chi connectivity index (χ0v) is 10.4. The first-order valence-electron chi connectivity index (χ1n) is 5.08. The molecule has 0 N–H and O–H groups in total. The number of hydrogen-bond acceptors (Lipinski definition) is 5. The molecule has 0 aliphatic rings. The molecule has 1 aromatic carbocycles. The molecule has 0 amide bonds. The highest BCUT2D eigenvalue weighted by Crippen LogP contribution is 2.33. The Labute approximate surface area is 112 Å². The van der Waals surface area contributed by atoms with Crippen molar-refractivity contribution in [3.05, 3.63) is 51.2 Å². The Hall–Kier alpha value is -2.28. The zero-order valence-electron chi connectivity index (χ0n) is 9.63. The first-order chi connectivity index (χ1) is 8.99. The SMILES string of the molecule is Cc1c(Cl)ncnc1Oc1ccc(F)cc1[N+](=O)[O-]. The van der Waals surface area contributed by atoms with Crippen molar-refractivity contribution in [3.63, 3.8) is 0 Å². The van der Waals surface area contributed by atoms with Crippen LogP contribution >= 0.6 is 11.6 Å². The van der Waals surface area contributed by atoms with Gasteiger partial charge in [-0.15, -0.1) is 0 Å². The third-order valence-electron chi connectivity index (χ3n) is 2.30. The molecule has 19 heavy (non-hydrogen) atoms. The van der Waals surface area contributed by atoms with E-state index in [0.29, 0.717) is 5.56 Å². The first kappa shape index (κ1) is 13.2. The normalized spacial score (nSPS) is 10.3. The molecule has 0 spiro atoms. The molecule has 0 fully saturated rings. The predicted molar refractivity (Wildman–Crippen MR) is 64.9 cm³/mol. The molecule has 2 aromatic rings. The molecular weight excluding hydrogens is 277 g/mol. The molecular formula is C11H7ClFN3O3. The number of halogens is 2. The standard InChI is InChI=1S/C11H7ClFN3O3/c1-6-10(12)14-5-15-11(6)19-9-3-2-7(13)4-8(9)16(17)18/h2-5H,1H3. The highest BCUT2D eigenvalue weighted by Gasteiger charge is 2.18. The number of hydrogen-bond donors (Lipinski definition) is 0. The van der Waals surface area contributed by atoms with E-state index in [9.17, 15) is 14.5 Å². The Morgan fingerprint density at radius 3 is 2.84 bits per heavy atom. The summed E-state index contributed by atoms with van der Waals surface area (Å²) in [5.74, 6) is -0.768. The maximum absolute atomic E-state index is 13.0. The van der Waals surface area contributed by atoms with Crippen LogP contribution in [0.1, 0.15) is 5.56 Å². The Kier molecular flexibility index (Phi) is 3.57. The topological polar surface area (TPSA) is 78.2 Å². The monoisotopic (exact) mass is 283 g/mol. The molecule has 8 heteroatoms. The molecule has 0 aliphatic carbocycles. The summed E-state index contributed by atoms with van der Waals surface area (Å²) in [7, 11) is 0. The van der Waals surface area contributed by atoms with Crippen molar-refractivity contribution in [1.82, 2.24) is 9.97 Å². The summed E-state index contributed by atoms with van der Waals surface area (Å²) in [6.07, 6.45) is 1.17. The average molecular weight is 284 g/mol. The van der Waals surface area contributed by atoms with Gasteiger partial charge in [-0.25, -0.2) is 14.4 Å². The third-order valence-corrected chi connectivity index (χ3v) is 2.68. The second-order valence-corrected chi connectivity index (χ2v) is 3.92. The van der Waals surface area contributed by atoms with Gasteiger partial charge in [0.2, 0.25) is 11.6 Å². The predicted octanol–water partition coefficient (Wildman–Crippen LogP) is 3.28. The molecule has 0 saturated carbocycles. The van der Waals surface area contributed by atoms with Gasteiger partial charge in [-0.1, -0.05) is 11.6 Å². The summed E-state index contributed by atoms with van der Waals surface area (Å²) in [5.41, 5.74) is -0.0584. The van der Waals surface area contributed by atoms with Gasteiger partial charge in [0.1, 0.15) is 17.3 Å². The largest absolute Gasteiger partial charge is 0.431 e. The van der Waals surface area contributed by atoms with Crippen LogP contribution in [0.4, 0.5) is 10.1 Å². The fourth-order valence-corrected chi connectivity index (χ4v) is 1.46. The van der Waals surface area contributed by atoms with E-state index in [-0.39, 0.29) is 16.8 Å². The van der Waals surface area contributed by atoms with Crippen LogP contribution < -0.4 is 4.74 Å². The van der Waals surface area contributed by atoms with Gasteiger partial charge in [-0.3, -0.25) is 10.1 Å². The molecule has 0 unspecified atom stereocenters. The summed E-state index contributed by atoms with van der Waals surface area (Å²) >= 11 is 5.78. The second kappa shape index (κ2) is 5.15. The summed E-state index contributed by atoms with van der Waals surface area (Å²) in [5, 5.41) is 11.0. The highest BCUT2D eigenvalue weighted by atomic mass is 35.5. The molecule has 98 valence electrons. The van der Waals surface area contributed by atoms with Gasteiger partial charge in [0, 0.05) is 5.56 Å². The van der Waals surface area contributed by atoms with Crippen molar-refractivity contribution in [2.45, 2.75) is 6.92 Å². The number of nitro benzene ring substituents is 1. The van der Waals surface area contributed by atoms with E-state index >= 15 is 0 Å². The van der Waals surface area contributed by atoms with Crippen molar-refractivity contribution in [2.75, 3.05) is 0 Å². The minimum absolute atomic E-state index is 0.0784. The fourth-order valence-electron chi connectivity index (χ4n) is 1.34. The average Bonchev–Trinajstić information content (AvgIpc) is 2.36. The van der Waals surface area contributed by atoms with Crippen molar-refractivity contribution in [3.8, 4) is 11.6 Å². The van der Waals surface area contributed by atoms with Crippen LogP contribution in [0.2, 0.25) is 5.15 Å². The Bertz CT molecular complexity index is 651. The van der Waals surface area contributed by atoms with Crippen LogP contribution in [0.3, 0.4) is 0 Å². The van der Waals surface area contributed by atoms with Crippen LogP contribution in [-0.4, -0.2) is 14.9 Å². The summed E-state index contributed by atoms with van der Waals surface area (Å²) < 4.78 is 18.3. The molecule has 0 radical (unpaired) electrons. The highest BCUT2D eigenvalue weighted by molar-refractivity contribution is 6.30. The van der Waals surface area contributed by atoms with Crippen molar-refractivity contribution in [2.24, 2.45) is 0 Å². The smallest absolute Gasteiger partial charge is 0.314 e. The first-order valence-corrected chi connectivity index (χ1v) is 5.45. The number of benzene rings is 1. The number of rotatable bonds is 3. The van der Waals surface area contributed by atoms with Gasteiger partial charge < -0.3 is 4.74 Å². The molecule has 1 aromatic heterocycles. The fraction of sp³-hybridized carbons (Fsp3) is 0.0909. The number of aromatic nitrogens is 2. The lowest BCUT2D eigenvalue weighted by Crippen LogP contribution is -1.98. The lowest BCUT2D eigenvalue weighted by Gasteiger charge is -2.08. The van der Waals surface area contributed by atoms with Crippen molar-refractivity contribution >= 4 is 17.3 Å². The summed E-state index contributed by atoms with van der Waals surface area (Å²) in [4.78, 5) is 17.6. The van der Waals surface area contributed by atoms with E-state index in [1.807, 2.05) is 0 Å². The van der Waals surface area contributed by atoms with Crippen molar-refractivity contribution in [1.29, 1.82) is 0 Å². The van der Waals surface area contributed by atoms with Gasteiger partial charge in [-0.05, 0) is 19.1 Å². The lowest BCUT2D eigenvalue weighted by atomic mass is 10.3. The maximum Gasteiger partial charge on any atom is 0.314 e. The van der Waals surface area contributed by atoms with Crippen LogP contribution in [0.25, 0.3) is 0 Å². The van der Waals surface area contributed by atoms with Crippen LogP contribution in [0.5, 0.6) is 11.6 Å². The van der Waals surface area contributed by atoms with Crippen LogP contribution in [-0.2, 0) is 0 Å². The number of ether oxygens (including phenoxy) is 1. The van der Waals surface area contributed by atoms with E-state index in [2.05, 4.69) is 9.97 Å². The number of nitro groups is 1. The Morgan fingerprint density at radius 1 is 1.42 bits per heavy atom. The quantitative estimate of drug-likeness (QED) is 0.491. The zero-order chi connectivity index (χ0) is 14.0. The van der Waals surface area contributed by atoms with Gasteiger partial charge >= 0.3 is 5.69 Å². The number of nitrogens with zero attached hydrogens (tertiary/aromatic N) is 3. The maximum atomic E-state index is 13.0. The minimum Gasteiger partial charge on any atom is -0.431 e. The van der Waals surface area contributed by atoms with E-state index < -0.39 is 16.4 Å². The van der Waals surface area contributed by atoms with E-state index in [1.54, 1.807) is 6.92 Å². The van der Waals surface area contributed by atoms with Gasteiger partial charge in [0.25, 0.3) is 0 Å². The Balaban J connectivity index is 2.44. The third kappa shape index (κ3) is 2.76. The van der Waals surface area contributed by atoms with Gasteiger partial charge in [0.15, 0.2) is 0 Å². The second-order valence-electron chi connectivity index (χ2n) is 3.57. The summed E-state index contributed by atoms with van der Waals surface area (Å²) in [6, 6.07) is 2.98. The lowest BCUT2D eigenvalue weighted by molar-refractivity contribution is -0.385. The van der Waals surface area contributed by atoms with Crippen LogP contribution in [0, 0.1) is 22.9 Å². The molecule has 0 bridgehead atoms. The molecule has 0 atom stereocenters. The van der Waals surface area contributed by atoms with Crippen molar-refractivity contribution < 1.29 is 14.1 Å². The summed E-state index contributed by atoms with van der Waals surface area (Å²) in [6.45, 7) is 1.60. The molecule has 6 nitrogen and oxygen atoms in total. The van der Waals surface area contributed by atoms with E-state index in [0.717, 1.165) is 18.2 Å². The molecule has 0 saturated heterocycles. The Morgan fingerprint density at radius 2 is 2.16 bits per heavy atom. The van der Waals surface area contributed by atoms with E-state index in [4.69, 9.17) is 16.3 Å². The van der Waals surface area contributed by atoms with Gasteiger partial charge in [-0.2, -0.15) is 0 Å². The van der Waals surface area contributed by atoms with E-state index in [1.165, 1.54) is 6.33 Å². The molecule has 0 aliphatic heterocycles. The minimum atomic E-state index is -0.740. The van der Waals surface area contributed by atoms with Crippen LogP contribution in [0.15, 0.2) is 24.5 Å².